The van der Waals surface area contributed by atoms with Crippen LogP contribution < -0.4 is 0 Å². The summed E-state index contributed by atoms with van der Waals surface area (Å²) in [6, 6.07) is 2.12. The van der Waals surface area contributed by atoms with Gasteiger partial charge < -0.3 is 0 Å². The highest BCUT2D eigenvalue weighted by molar-refractivity contribution is 6.31. The maximum Gasteiger partial charge on any atom is 0.274 e. The summed E-state index contributed by atoms with van der Waals surface area (Å²) in [7, 11) is 0. The molecule has 2 atom stereocenters. The highest BCUT2D eigenvalue weighted by Gasteiger charge is 2.25. The zero-order valence-electron chi connectivity index (χ0n) is 9.41. The first-order chi connectivity index (χ1) is 7.88. The monoisotopic (exact) mass is 279 g/mol. The molecular formula is C11H12Cl2FNO2. The van der Waals surface area contributed by atoms with Crippen LogP contribution in [0.15, 0.2) is 12.1 Å². The molecule has 0 aliphatic carbocycles. The Kier molecular flexibility index (Phi) is 4.71. The third-order valence-electron chi connectivity index (χ3n) is 2.69. The van der Waals surface area contributed by atoms with E-state index in [0.717, 1.165) is 12.1 Å². The summed E-state index contributed by atoms with van der Waals surface area (Å²) in [6.45, 7) is 3.60. The van der Waals surface area contributed by atoms with Gasteiger partial charge in [0.05, 0.1) is 9.95 Å². The van der Waals surface area contributed by atoms with E-state index >= 15 is 0 Å². The number of halogens is 3. The van der Waals surface area contributed by atoms with Gasteiger partial charge in [-0.15, -0.1) is 11.6 Å². The summed E-state index contributed by atoms with van der Waals surface area (Å²) >= 11 is 11.6. The second-order valence-corrected chi connectivity index (χ2v) is 4.76. The summed E-state index contributed by atoms with van der Waals surface area (Å²) in [6.07, 6.45) is 0.643. The Morgan fingerprint density at radius 3 is 2.59 bits per heavy atom. The van der Waals surface area contributed by atoms with Crippen molar-refractivity contribution in [3.8, 4) is 0 Å². The first kappa shape index (κ1) is 14.2. The zero-order valence-corrected chi connectivity index (χ0v) is 10.9. The standard InChI is InChI=1S/C11H12Cl2FNO2/c1-3-8(12)6(2)7-4-10(14)9(13)5-11(7)15(16)17/h4-6,8H,3H2,1-2H3. The van der Waals surface area contributed by atoms with E-state index in [1.807, 2.05) is 6.92 Å². The third kappa shape index (κ3) is 3.07. The topological polar surface area (TPSA) is 43.1 Å². The molecule has 0 aliphatic rings. The molecule has 0 bridgehead atoms. The fourth-order valence-corrected chi connectivity index (χ4v) is 1.92. The van der Waals surface area contributed by atoms with Crippen molar-refractivity contribution >= 4 is 28.9 Å². The molecule has 0 N–H and O–H groups in total. The maximum absolute atomic E-state index is 13.4. The fraction of sp³-hybridized carbons (Fsp3) is 0.455. The van der Waals surface area contributed by atoms with Crippen LogP contribution in [0.2, 0.25) is 5.02 Å². The van der Waals surface area contributed by atoms with Gasteiger partial charge in [-0.3, -0.25) is 10.1 Å². The van der Waals surface area contributed by atoms with Gasteiger partial charge in [0.2, 0.25) is 0 Å². The largest absolute Gasteiger partial charge is 0.274 e. The smallest absolute Gasteiger partial charge is 0.258 e. The summed E-state index contributed by atoms with van der Waals surface area (Å²) in [5.74, 6) is -0.979. The first-order valence-electron chi connectivity index (χ1n) is 5.15. The number of hydrogen-bond donors (Lipinski definition) is 0. The Labute approximate surface area is 109 Å². The van der Waals surface area contributed by atoms with Crippen molar-refractivity contribution in [3.63, 3.8) is 0 Å². The van der Waals surface area contributed by atoms with Crippen molar-refractivity contribution in [1.82, 2.24) is 0 Å². The van der Waals surface area contributed by atoms with E-state index in [0.29, 0.717) is 6.42 Å². The van der Waals surface area contributed by atoms with Gasteiger partial charge in [-0.1, -0.05) is 25.4 Å². The van der Waals surface area contributed by atoms with E-state index < -0.39 is 10.7 Å². The minimum Gasteiger partial charge on any atom is -0.258 e. The molecule has 0 fully saturated rings. The quantitative estimate of drug-likeness (QED) is 0.462. The van der Waals surface area contributed by atoms with Crippen LogP contribution in [0.4, 0.5) is 10.1 Å². The van der Waals surface area contributed by atoms with Crippen LogP contribution in [-0.2, 0) is 0 Å². The van der Waals surface area contributed by atoms with Crippen LogP contribution in [0.1, 0.15) is 31.7 Å². The first-order valence-corrected chi connectivity index (χ1v) is 5.97. The second kappa shape index (κ2) is 5.65. The lowest BCUT2D eigenvalue weighted by Gasteiger charge is -2.17. The Bertz CT molecular complexity index is 440. The van der Waals surface area contributed by atoms with Crippen molar-refractivity contribution in [2.45, 2.75) is 31.6 Å². The van der Waals surface area contributed by atoms with Crippen molar-refractivity contribution in [3.05, 3.63) is 38.7 Å². The zero-order chi connectivity index (χ0) is 13.2. The van der Waals surface area contributed by atoms with Gasteiger partial charge in [-0.2, -0.15) is 0 Å². The second-order valence-electron chi connectivity index (χ2n) is 3.80. The molecule has 0 spiro atoms. The minimum absolute atomic E-state index is 0.192. The fourth-order valence-electron chi connectivity index (χ4n) is 1.62. The molecule has 0 amide bonds. The Hall–Kier alpha value is -0.870. The van der Waals surface area contributed by atoms with Crippen LogP contribution in [0.25, 0.3) is 0 Å². The van der Waals surface area contributed by atoms with E-state index in [4.69, 9.17) is 23.2 Å². The lowest BCUT2D eigenvalue weighted by Crippen LogP contribution is -2.11. The Morgan fingerprint density at radius 1 is 1.53 bits per heavy atom. The number of nitro benzene ring substituents is 1. The number of rotatable bonds is 4. The van der Waals surface area contributed by atoms with Crippen molar-refractivity contribution < 1.29 is 9.31 Å². The van der Waals surface area contributed by atoms with Crippen molar-refractivity contribution in [1.29, 1.82) is 0 Å². The predicted molar refractivity (Wildman–Crippen MR) is 66.4 cm³/mol. The molecule has 1 rings (SSSR count). The normalized spacial score (nSPS) is 14.4. The number of nitro groups is 1. The molecule has 0 saturated carbocycles. The maximum atomic E-state index is 13.4. The molecule has 3 nitrogen and oxygen atoms in total. The molecule has 17 heavy (non-hydrogen) atoms. The van der Waals surface area contributed by atoms with Gasteiger partial charge in [0, 0.05) is 22.9 Å². The van der Waals surface area contributed by atoms with Crippen LogP contribution in [0.5, 0.6) is 0 Å². The van der Waals surface area contributed by atoms with Crippen LogP contribution in [0, 0.1) is 15.9 Å². The lowest BCUT2D eigenvalue weighted by atomic mass is 9.94. The van der Waals surface area contributed by atoms with Crippen molar-refractivity contribution in [2.24, 2.45) is 0 Å². The molecule has 0 radical (unpaired) electrons. The highest BCUT2D eigenvalue weighted by Crippen LogP contribution is 2.35. The summed E-state index contributed by atoms with van der Waals surface area (Å²) in [4.78, 5) is 10.3. The Morgan fingerprint density at radius 2 is 2.12 bits per heavy atom. The lowest BCUT2D eigenvalue weighted by molar-refractivity contribution is -0.385. The van der Waals surface area contributed by atoms with Crippen LogP contribution >= 0.6 is 23.2 Å². The van der Waals surface area contributed by atoms with Gasteiger partial charge in [0.25, 0.3) is 5.69 Å². The highest BCUT2D eigenvalue weighted by atomic mass is 35.5. The molecule has 94 valence electrons. The molecule has 1 aromatic rings. The van der Waals surface area contributed by atoms with Gasteiger partial charge in [0.1, 0.15) is 5.82 Å². The molecular weight excluding hydrogens is 268 g/mol. The van der Waals surface area contributed by atoms with Gasteiger partial charge in [-0.25, -0.2) is 4.39 Å². The van der Waals surface area contributed by atoms with Crippen LogP contribution in [-0.4, -0.2) is 10.3 Å². The number of hydrogen-bond acceptors (Lipinski definition) is 2. The molecule has 0 aliphatic heterocycles. The Balaban J connectivity index is 3.30. The van der Waals surface area contributed by atoms with Gasteiger partial charge in [-0.05, 0) is 12.5 Å². The third-order valence-corrected chi connectivity index (χ3v) is 3.67. The van der Waals surface area contributed by atoms with Gasteiger partial charge >= 0.3 is 0 Å². The predicted octanol–water partition coefficient (Wildman–Crippen LogP) is 4.51. The SMILES string of the molecule is CCC(Cl)C(C)c1cc(F)c(Cl)cc1[N+](=O)[O-]. The number of nitrogens with zero attached hydrogens (tertiary/aromatic N) is 1. The summed E-state index contributed by atoms with van der Waals surface area (Å²) in [5.41, 5.74) is 0.0850. The van der Waals surface area contributed by atoms with Gasteiger partial charge in [0.15, 0.2) is 0 Å². The molecule has 1 aromatic carbocycles. The molecule has 0 aromatic heterocycles. The molecule has 2 unspecified atom stereocenters. The van der Waals surface area contributed by atoms with E-state index in [9.17, 15) is 14.5 Å². The van der Waals surface area contributed by atoms with E-state index in [1.54, 1.807) is 6.92 Å². The summed E-state index contributed by atoms with van der Waals surface area (Å²) < 4.78 is 13.4. The average Bonchev–Trinajstić information content (AvgIpc) is 2.29. The van der Waals surface area contributed by atoms with E-state index in [-0.39, 0.29) is 27.6 Å². The molecule has 0 heterocycles. The van der Waals surface area contributed by atoms with E-state index in [1.165, 1.54) is 0 Å². The molecule has 6 heteroatoms. The summed E-state index contributed by atoms with van der Waals surface area (Å²) in [5, 5.41) is 10.3. The minimum atomic E-state index is -0.668. The average molecular weight is 280 g/mol. The van der Waals surface area contributed by atoms with E-state index in [2.05, 4.69) is 0 Å². The van der Waals surface area contributed by atoms with Crippen molar-refractivity contribution in [2.75, 3.05) is 0 Å². The van der Waals surface area contributed by atoms with Crippen LogP contribution in [0.3, 0.4) is 0 Å². The molecule has 0 saturated heterocycles. The number of benzene rings is 1. The number of alkyl halides is 1.